The molecule has 0 amide bonds. The normalized spacial score (nSPS) is 9.74. The second-order valence-electron chi connectivity index (χ2n) is 3.60. The van der Waals surface area contributed by atoms with E-state index in [1.165, 1.54) is 18.4 Å². The van der Waals surface area contributed by atoms with E-state index in [9.17, 15) is 4.79 Å². The molecule has 0 saturated carbocycles. The lowest BCUT2D eigenvalue weighted by Gasteiger charge is -2.10. The Balaban J connectivity index is 2.04. The Bertz CT molecular complexity index is 581. The van der Waals surface area contributed by atoms with Crippen LogP contribution in [-0.4, -0.2) is 18.2 Å². The van der Waals surface area contributed by atoms with Crippen LogP contribution in [0.5, 0.6) is 0 Å². The van der Waals surface area contributed by atoms with Crippen LogP contribution >= 0.6 is 23.6 Å². The van der Waals surface area contributed by atoms with Crippen molar-refractivity contribution in [2.75, 3.05) is 17.7 Å². The zero-order valence-electron chi connectivity index (χ0n) is 10.2. The summed E-state index contributed by atoms with van der Waals surface area (Å²) in [7, 11) is 1.35. The maximum absolute atomic E-state index is 11.5. The molecular formula is C13H12N2O2S2. The fraction of sp³-hybridized carbons (Fsp3) is 0.0769. The molecule has 2 N–H and O–H groups in total. The number of anilines is 2. The van der Waals surface area contributed by atoms with Gasteiger partial charge in [-0.25, -0.2) is 4.79 Å². The van der Waals surface area contributed by atoms with Crippen molar-refractivity contribution in [3.63, 3.8) is 0 Å². The summed E-state index contributed by atoms with van der Waals surface area (Å²) in [4.78, 5) is 11.5. The SMILES string of the molecule is COC(=O)c1ccsc1NC(=S)Nc1ccccc1. The summed E-state index contributed by atoms with van der Waals surface area (Å²) in [6.45, 7) is 0. The van der Waals surface area contributed by atoms with Crippen LogP contribution in [0.3, 0.4) is 0 Å². The molecule has 6 heteroatoms. The highest BCUT2D eigenvalue weighted by molar-refractivity contribution is 7.80. The van der Waals surface area contributed by atoms with Crippen LogP contribution in [0.1, 0.15) is 10.4 Å². The van der Waals surface area contributed by atoms with E-state index in [1.807, 2.05) is 30.3 Å². The molecule has 0 aliphatic heterocycles. The first-order valence-electron chi connectivity index (χ1n) is 5.49. The molecule has 1 aromatic carbocycles. The molecule has 0 aliphatic rings. The smallest absolute Gasteiger partial charge is 0.340 e. The second kappa shape index (κ2) is 6.31. The fourth-order valence-electron chi connectivity index (χ4n) is 1.46. The maximum Gasteiger partial charge on any atom is 0.340 e. The van der Waals surface area contributed by atoms with E-state index in [4.69, 9.17) is 17.0 Å². The van der Waals surface area contributed by atoms with Crippen molar-refractivity contribution in [1.29, 1.82) is 0 Å². The summed E-state index contributed by atoms with van der Waals surface area (Å²) in [6, 6.07) is 11.3. The van der Waals surface area contributed by atoms with Gasteiger partial charge < -0.3 is 15.4 Å². The summed E-state index contributed by atoms with van der Waals surface area (Å²) < 4.78 is 4.70. The summed E-state index contributed by atoms with van der Waals surface area (Å²) in [5, 5.41) is 8.93. The number of para-hydroxylation sites is 1. The largest absolute Gasteiger partial charge is 0.465 e. The fourth-order valence-corrected chi connectivity index (χ4v) is 2.53. The Morgan fingerprint density at radius 1 is 1.21 bits per heavy atom. The van der Waals surface area contributed by atoms with E-state index >= 15 is 0 Å². The Morgan fingerprint density at radius 2 is 1.95 bits per heavy atom. The number of thiocarbonyl (C=S) groups is 1. The first kappa shape index (κ1) is 13.5. The lowest BCUT2D eigenvalue weighted by Crippen LogP contribution is -2.19. The van der Waals surface area contributed by atoms with Crippen molar-refractivity contribution in [2.45, 2.75) is 0 Å². The number of hydrogen-bond donors (Lipinski definition) is 2. The van der Waals surface area contributed by atoms with Gasteiger partial charge in [-0.15, -0.1) is 11.3 Å². The van der Waals surface area contributed by atoms with Crippen molar-refractivity contribution in [2.24, 2.45) is 0 Å². The molecule has 1 heterocycles. The summed E-state index contributed by atoms with van der Waals surface area (Å²) in [6.07, 6.45) is 0. The number of esters is 1. The molecule has 4 nitrogen and oxygen atoms in total. The minimum absolute atomic E-state index is 0.383. The maximum atomic E-state index is 11.5. The van der Waals surface area contributed by atoms with Crippen molar-refractivity contribution in [3.05, 3.63) is 47.3 Å². The molecule has 0 bridgehead atoms. The van der Waals surface area contributed by atoms with Gasteiger partial charge in [-0.05, 0) is 35.8 Å². The zero-order valence-corrected chi connectivity index (χ0v) is 11.8. The van der Waals surface area contributed by atoms with Crippen LogP contribution < -0.4 is 10.6 Å². The summed E-state index contributed by atoms with van der Waals surface area (Å²) >= 11 is 6.59. The lowest BCUT2D eigenvalue weighted by atomic mass is 10.3. The Kier molecular flexibility index (Phi) is 4.48. The number of methoxy groups -OCH3 is 1. The van der Waals surface area contributed by atoms with Gasteiger partial charge in [-0.3, -0.25) is 0 Å². The Morgan fingerprint density at radius 3 is 2.63 bits per heavy atom. The number of thiophene rings is 1. The first-order valence-corrected chi connectivity index (χ1v) is 6.78. The quantitative estimate of drug-likeness (QED) is 0.671. The number of carbonyl (C=O) groups excluding carboxylic acids is 1. The molecule has 1 aromatic heterocycles. The van der Waals surface area contributed by atoms with E-state index in [1.54, 1.807) is 11.4 Å². The summed E-state index contributed by atoms with van der Waals surface area (Å²) in [5.74, 6) is -0.383. The van der Waals surface area contributed by atoms with Gasteiger partial charge in [0, 0.05) is 5.69 Å². The molecule has 2 rings (SSSR count). The molecule has 0 radical (unpaired) electrons. The highest BCUT2D eigenvalue weighted by atomic mass is 32.1. The molecule has 2 aromatic rings. The summed E-state index contributed by atoms with van der Waals surface area (Å²) in [5.41, 5.74) is 1.36. The van der Waals surface area contributed by atoms with E-state index in [-0.39, 0.29) is 5.97 Å². The Hall–Kier alpha value is -1.92. The predicted molar refractivity (Wildman–Crippen MR) is 81.9 cm³/mol. The van der Waals surface area contributed by atoms with Crippen LogP contribution in [0.2, 0.25) is 0 Å². The molecule has 0 aliphatic carbocycles. The van der Waals surface area contributed by atoms with Gasteiger partial charge in [0.25, 0.3) is 0 Å². The first-order chi connectivity index (χ1) is 9.20. The molecule has 98 valence electrons. The lowest BCUT2D eigenvalue weighted by molar-refractivity contribution is 0.0602. The average molecular weight is 292 g/mol. The van der Waals surface area contributed by atoms with E-state index in [0.717, 1.165) is 5.69 Å². The Labute approximate surface area is 120 Å². The molecule has 0 spiro atoms. The minimum atomic E-state index is -0.383. The van der Waals surface area contributed by atoms with Gasteiger partial charge in [0.2, 0.25) is 0 Å². The standard InChI is InChI=1S/C13H12N2O2S2/c1-17-12(16)10-7-8-19-11(10)15-13(18)14-9-5-3-2-4-6-9/h2-8H,1H3,(H2,14,15,18). The molecule has 19 heavy (non-hydrogen) atoms. The predicted octanol–water partition coefficient (Wildman–Crippen LogP) is 3.34. The van der Waals surface area contributed by atoms with E-state index in [2.05, 4.69) is 10.6 Å². The number of benzene rings is 1. The molecular weight excluding hydrogens is 280 g/mol. The molecule has 0 fully saturated rings. The average Bonchev–Trinajstić information content (AvgIpc) is 2.87. The van der Waals surface area contributed by atoms with Crippen molar-refractivity contribution in [3.8, 4) is 0 Å². The number of ether oxygens (including phenoxy) is 1. The van der Waals surface area contributed by atoms with Gasteiger partial charge >= 0.3 is 5.97 Å². The van der Waals surface area contributed by atoms with Gasteiger partial charge in [-0.1, -0.05) is 18.2 Å². The van der Waals surface area contributed by atoms with Crippen molar-refractivity contribution in [1.82, 2.24) is 0 Å². The number of hydrogen-bond acceptors (Lipinski definition) is 4. The van der Waals surface area contributed by atoms with Crippen LogP contribution in [0.4, 0.5) is 10.7 Å². The highest BCUT2D eigenvalue weighted by Gasteiger charge is 2.13. The topological polar surface area (TPSA) is 50.4 Å². The van der Waals surface area contributed by atoms with Crippen LogP contribution in [0.25, 0.3) is 0 Å². The zero-order chi connectivity index (χ0) is 13.7. The van der Waals surface area contributed by atoms with Crippen LogP contribution in [-0.2, 0) is 4.74 Å². The third-order valence-electron chi connectivity index (χ3n) is 2.33. The third-order valence-corrected chi connectivity index (χ3v) is 3.36. The van der Waals surface area contributed by atoms with Gasteiger partial charge in [0.15, 0.2) is 5.11 Å². The van der Waals surface area contributed by atoms with E-state index < -0.39 is 0 Å². The van der Waals surface area contributed by atoms with Gasteiger partial charge in [-0.2, -0.15) is 0 Å². The van der Waals surface area contributed by atoms with Crippen molar-refractivity contribution < 1.29 is 9.53 Å². The molecule has 0 saturated heterocycles. The third kappa shape index (κ3) is 3.52. The molecule has 0 unspecified atom stereocenters. The minimum Gasteiger partial charge on any atom is -0.465 e. The molecule has 0 atom stereocenters. The number of rotatable bonds is 3. The van der Waals surface area contributed by atoms with Crippen molar-refractivity contribution >= 4 is 45.3 Å². The van der Waals surface area contributed by atoms with E-state index in [0.29, 0.717) is 15.7 Å². The van der Waals surface area contributed by atoms with Crippen LogP contribution in [0.15, 0.2) is 41.8 Å². The van der Waals surface area contributed by atoms with Crippen LogP contribution in [0, 0.1) is 0 Å². The number of carbonyl (C=O) groups is 1. The number of nitrogens with one attached hydrogen (secondary N) is 2. The monoisotopic (exact) mass is 292 g/mol. The highest BCUT2D eigenvalue weighted by Crippen LogP contribution is 2.24. The van der Waals surface area contributed by atoms with Gasteiger partial charge in [0.1, 0.15) is 5.00 Å². The second-order valence-corrected chi connectivity index (χ2v) is 4.92. The van der Waals surface area contributed by atoms with Gasteiger partial charge in [0.05, 0.1) is 12.7 Å².